The number of urea groups is 1. The summed E-state index contributed by atoms with van der Waals surface area (Å²) in [4.78, 5) is 22.7. The van der Waals surface area contributed by atoms with E-state index in [0.29, 0.717) is 16.4 Å². The van der Waals surface area contributed by atoms with Crippen LogP contribution in [-0.2, 0) is 22.5 Å². The van der Waals surface area contributed by atoms with Crippen LogP contribution in [0.25, 0.3) is 0 Å². The molecule has 7 heteroatoms. The Kier molecular flexibility index (Phi) is 4.90. The van der Waals surface area contributed by atoms with E-state index in [4.69, 9.17) is 4.74 Å². The third-order valence-electron chi connectivity index (χ3n) is 3.35. The number of carbonyl (C=O) groups excluding carboxylic acids is 2. The minimum Gasteiger partial charge on any atom is -0.487 e. The second-order valence-electron chi connectivity index (χ2n) is 5.81. The van der Waals surface area contributed by atoms with Gasteiger partial charge in [0.15, 0.2) is 0 Å². The first-order chi connectivity index (χ1) is 10.8. The molecule has 2 N–H and O–H groups in total. The van der Waals surface area contributed by atoms with E-state index >= 15 is 0 Å². The average Bonchev–Trinajstić information content (AvgIpc) is 2.81. The van der Waals surface area contributed by atoms with E-state index in [-0.39, 0.29) is 12.1 Å². The summed E-state index contributed by atoms with van der Waals surface area (Å²) >= 11 is 0. The molecular weight excluding hydrogens is 300 g/mol. The second kappa shape index (κ2) is 6.70. The topological polar surface area (TPSA) is 88.1 Å². The summed E-state index contributed by atoms with van der Waals surface area (Å²) in [5.41, 5.74) is 1.46. The minimum atomic E-state index is -0.764. The number of esters is 1. The van der Waals surface area contributed by atoms with Crippen LogP contribution in [0, 0.1) is 0 Å². The standard InChI is InChI=1S/C16H20N2O5/c1-16(2)9-11-5-4-6-12(14(11)23-16)10-18(21)15(20)17-8-7-13(19)22-3/h4-8,21H,9-10H2,1-3H3,(H,17,20)/b8-7+. The summed E-state index contributed by atoms with van der Waals surface area (Å²) in [5, 5.41) is 12.7. The molecule has 1 heterocycles. The van der Waals surface area contributed by atoms with Crippen molar-refractivity contribution in [2.24, 2.45) is 0 Å². The highest BCUT2D eigenvalue weighted by Gasteiger charge is 2.32. The summed E-state index contributed by atoms with van der Waals surface area (Å²) in [7, 11) is 1.23. The highest BCUT2D eigenvalue weighted by Crippen LogP contribution is 2.37. The summed E-state index contributed by atoms with van der Waals surface area (Å²) in [6, 6.07) is 4.86. The lowest BCUT2D eigenvalue weighted by molar-refractivity contribution is -0.134. The summed E-state index contributed by atoms with van der Waals surface area (Å²) in [6.45, 7) is 3.94. The average molecular weight is 320 g/mol. The lowest BCUT2D eigenvalue weighted by atomic mass is 10.0. The highest BCUT2D eigenvalue weighted by atomic mass is 16.5. The molecule has 0 bridgehead atoms. The van der Waals surface area contributed by atoms with Crippen molar-refractivity contribution in [3.05, 3.63) is 41.6 Å². The smallest absolute Gasteiger partial charge is 0.345 e. The summed E-state index contributed by atoms with van der Waals surface area (Å²) < 4.78 is 10.3. The first kappa shape index (κ1) is 16.8. The zero-order chi connectivity index (χ0) is 17.0. The number of carbonyl (C=O) groups is 2. The van der Waals surface area contributed by atoms with Crippen molar-refractivity contribution in [2.75, 3.05) is 7.11 Å². The molecule has 7 nitrogen and oxygen atoms in total. The van der Waals surface area contributed by atoms with Gasteiger partial charge in [-0.05, 0) is 19.4 Å². The molecule has 23 heavy (non-hydrogen) atoms. The molecule has 0 saturated carbocycles. The number of para-hydroxylation sites is 1. The molecule has 0 aromatic heterocycles. The Morgan fingerprint density at radius 1 is 1.48 bits per heavy atom. The molecule has 0 spiro atoms. The Labute approximate surface area is 134 Å². The lowest BCUT2D eigenvalue weighted by Gasteiger charge is -2.20. The first-order valence-electron chi connectivity index (χ1n) is 7.13. The number of fused-ring (bicyclic) bond motifs is 1. The van der Waals surface area contributed by atoms with Crippen LogP contribution in [0.5, 0.6) is 5.75 Å². The number of hydrogen-bond donors (Lipinski definition) is 2. The van der Waals surface area contributed by atoms with Gasteiger partial charge in [0.05, 0.1) is 13.7 Å². The molecule has 0 atom stereocenters. The lowest BCUT2D eigenvalue weighted by Crippen LogP contribution is -2.34. The van der Waals surface area contributed by atoms with Gasteiger partial charge in [0.25, 0.3) is 0 Å². The molecule has 0 saturated heterocycles. The molecule has 2 amide bonds. The van der Waals surface area contributed by atoms with Gasteiger partial charge in [-0.15, -0.1) is 0 Å². The number of amides is 2. The Balaban J connectivity index is 2.00. The number of nitrogens with zero attached hydrogens (tertiary/aromatic N) is 1. The van der Waals surface area contributed by atoms with E-state index in [1.54, 1.807) is 6.07 Å². The van der Waals surface area contributed by atoms with Crippen molar-refractivity contribution < 1.29 is 24.3 Å². The fraction of sp³-hybridized carbons (Fsp3) is 0.375. The van der Waals surface area contributed by atoms with Gasteiger partial charge in [0, 0.05) is 24.3 Å². The number of hydrogen-bond acceptors (Lipinski definition) is 5. The van der Waals surface area contributed by atoms with E-state index < -0.39 is 12.0 Å². The van der Waals surface area contributed by atoms with Crippen LogP contribution in [-0.4, -0.2) is 35.0 Å². The predicted molar refractivity (Wildman–Crippen MR) is 81.9 cm³/mol. The molecule has 2 rings (SSSR count). The SMILES string of the molecule is COC(=O)/C=C/NC(=O)N(O)Cc1cccc2c1OC(C)(C)C2. The van der Waals surface area contributed by atoms with Crippen molar-refractivity contribution in [1.82, 2.24) is 10.4 Å². The van der Waals surface area contributed by atoms with Gasteiger partial charge >= 0.3 is 12.0 Å². The number of hydroxylamine groups is 2. The largest absolute Gasteiger partial charge is 0.487 e. The van der Waals surface area contributed by atoms with Crippen molar-refractivity contribution in [1.29, 1.82) is 0 Å². The quantitative estimate of drug-likeness (QED) is 0.383. The van der Waals surface area contributed by atoms with Gasteiger partial charge < -0.3 is 14.8 Å². The fourth-order valence-corrected chi connectivity index (χ4v) is 2.36. The zero-order valence-electron chi connectivity index (χ0n) is 13.3. The Hall–Kier alpha value is -2.54. The van der Waals surface area contributed by atoms with E-state index in [0.717, 1.165) is 24.3 Å². The van der Waals surface area contributed by atoms with Crippen LogP contribution in [0.4, 0.5) is 4.79 Å². The van der Waals surface area contributed by atoms with E-state index in [2.05, 4.69) is 10.1 Å². The normalized spacial score (nSPS) is 15.0. The Morgan fingerprint density at radius 3 is 2.91 bits per heavy atom. The highest BCUT2D eigenvalue weighted by molar-refractivity contribution is 5.83. The van der Waals surface area contributed by atoms with E-state index in [9.17, 15) is 14.8 Å². The molecule has 1 aromatic rings. The molecule has 1 aliphatic heterocycles. The minimum absolute atomic E-state index is 0.0306. The van der Waals surface area contributed by atoms with Crippen LogP contribution in [0.1, 0.15) is 25.0 Å². The monoisotopic (exact) mass is 320 g/mol. The molecular formula is C16H20N2O5. The van der Waals surface area contributed by atoms with E-state index in [1.165, 1.54) is 7.11 Å². The van der Waals surface area contributed by atoms with Gasteiger partial charge in [0.2, 0.25) is 0 Å². The summed E-state index contributed by atoms with van der Waals surface area (Å²) in [6.07, 6.45) is 2.92. The Morgan fingerprint density at radius 2 is 2.22 bits per heavy atom. The zero-order valence-corrected chi connectivity index (χ0v) is 13.3. The van der Waals surface area contributed by atoms with Crippen LogP contribution < -0.4 is 10.1 Å². The molecule has 0 unspecified atom stereocenters. The van der Waals surface area contributed by atoms with Gasteiger partial charge in [-0.25, -0.2) is 14.7 Å². The van der Waals surface area contributed by atoms with Crippen molar-refractivity contribution >= 4 is 12.0 Å². The van der Waals surface area contributed by atoms with Crippen LogP contribution >= 0.6 is 0 Å². The third kappa shape index (κ3) is 4.23. The van der Waals surface area contributed by atoms with Crippen LogP contribution in [0.15, 0.2) is 30.5 Å². The third-order valence-corrected chi connectivity index (χ3v) is 3.35. The predicted octanol–water partition coefficient (Wildman–Crippen LogP) is 1.99. The van der Waals surface area contributed by atoms with Crippen molar-refractivity contribution in [3.8, 4) is 5.75 Å². The maximum atomic E-state index is 11.8. The van der Waals surface area contributed by atoms with Crippen LogP contribution in [0.2, 0.25) is 0 Å². The first-order valence-corrected chi connectivity index (χ1v) is 7.13. The maximum absolute atomic E-state index is 11.8. The van der Waals surface area contributed by atoms with Crippen molar-refractivity contribution in [2.45, 2.75) is 32.4 Å². The Bertz CT molecular complexity index is 639. The van der Waals surface area contributed by atoms with Crippen LogP contribution in [0.3, 0.4) is 0 Å². The molecule has 0 radical (unpaired) electrons. The number of rotatable bonds is 4. The van der Waals surface area contributed by atoms with E-state index in [1.807, 2.05) is 26.0 Å². The molecule has 0 aliphatic carbocycles. The molecule has 1 aromatic carbocycles. The number of ether oxygens (including phenoxy) is 2. The summed E-state index contributed by atoms with van der Waals surface area (Å²) in [5.74, 6) is 0.0979. The van der Waals surface area contributed by atoms with Gasteiger partial charge in [-0.2, -0.15) is 0 Å². The maximum Gasteiger partial charge on any atom is 0.345 e. The molecule has 1 aliphatic rings. The molecule has 0 fully saturated rings. The van der Waals surface area contributed by atoms with Gasteiger partial charge in [0.1, 0.15) is 11.4 Å². The second-order valence-corrected chi connectivity index (χ2v) is 5.81. The number of benzene rings is 1. The van der Waals surface area contributed by atoms with Crippen molar-refractivity contribution in [3.63, 3.8) is 0 Å². The molecule has 124 valence electrons. The van der Waals surface area contributed by atoms with Gasteiger partial charge in [-0.3, -0.25) is 5.21 Å². The van der Waals surface area contributed by atoms with Gasteiger partial charge in [-0.1, -0.05) is 18.2 Å². The number of methoxy groups -OCH3 is 1. The number of nitrogens with one attached hydrogen (secondary N) is 1. The fourth-order valence-electron chi connectivity index (χ4n) is 2.36.